The maximum absolute atomic E-state index is 4.22. The lowest BCUT2D eigenvalue weighted by Gasteiger charge is -2.08. The van der Waals surface area contributed by atoms with Crippen molar-refractivity contribution in [1.29, 1.82) is 0 Å². The second kappa shape index (κ2) is 72.1. The van der Waals surface area contributed by atoms with Crippen molar-refractivity contribution in [2.75, 3.05) is 0 Å². The van der Waals surface area contributed by atoms with E-state index in [4.69, 9.17) is 0 Å². The largest absolute Gasteiger partial charge is 0.252 e. The Balaban J connectivity index is 0.000000712. The summed E-state index contributed by atoms with van der Waals surface area (Å²) >= 11 is 0. The van der Waals surface area contributed by atoms with Gasteiger partial charge in [-0.1, -0.05) is 352 Å². The fraction of sp³-hybridized carbons (Fsp3) is 0.861. The van der Waals surface area contributed by atoms with Gasteiger partial charge in [0.2, 0.25) is 0 Å². The highest BCUT2D eigenvalue weighted by atomic mass is 15.5. The molecule has 0 amide bonds. The van der Waals surface area contributed by atoms with Crippen LogP contribution in [0.4, 0.5) is 0 Å². The van der Waals surface area contributed by atoms with E-state index in [9.17, 15) is 0 Å². The number of nitrogens with zero attached hydrogens (tertiary/aromatic N) is 21. The summed E-state index contributed by atoms with van der Waals surface area (Å²) in [5.41, 5.74) is 8.63. The zero-order valence-corrected chi connectivity index (χ0v) is 84.8. The van der Waals surface area contributed by atoms with E-state index in [1.807, 2.05) is 38.8 Å². The van der Waals surface area contributed by atoms with Crippen molar-refractivity contribution in [1.82, 2.24) is 105 Å². The lowest BCUT2D eigenvalue weighted by Crippen LogP contribution is -2.10. The minimum absolute atomic E-state index is 0.635. The minimum Gasteiger partial charge on any atom is -0.252 e. The monoisotopic (exact) mass is 1700 g/mol. The molecule has 7 aromatic heterocycles. The maximum atomic E-state index is 4.22. The third-order valence-electron chi connectivity index (χ3n) is 21.7. The molecule has 21 nitrogen and oxygen atoms in total. The van der Waals surface area contributed by atoms with Crippen LogP contribution in [0.15, 0.2) is 43.4 Å². The van der Waals surface area contributed by atoms with Crippen LogP contribution in [0.3, 0.4) is 0 Å². The average molecular weight is 1700 g/mol. The molecule has 7 rings (SSSR count). The molecule has 0 aliphatic carbocycles. The molecule has 0 radical (unpaired) electrons. The third-order valence-corrected chi connectivity index (χ3v) is 21.7. The second-order valence-corrected chi connectivity index (χ2v) is 41.6. The summed E-state index contributed by atoms with van der Waals surface area (Å²) in [5.74, 6) is 10.9. The molecule has 704 valence electrons. The van der Waals surface area contributed by atoms with Gasteiger partial charge >= 0.3 is 0 Å². The number of hydrogen-bond acceptors (Lipinski definition) is 14. The van der Waals surface area contributed by atoms with Gasteiger partial charge in [-0.3, -0.25) is 14.0 Å². The first-order chi connectivity index (χ1) is 58.1. The summed E-state index contributed by atoms with van der Waals surface area (Å²) in [6.07, 6.45) is 61.4. The van der Waals surface area contributed by atoms with Crippen molar-refractivity contribution < 1.29 is 0 Å². The standard InChI is InChI=1S/2C16H31N3.4C14H27N3.C13H25N3/c2*1-14(2)9-5-6-11-16-13-17-18-19(16)12-8-7-10-15(3)4;1-12(2)7-5-6-10-17-11-14(15-16-17)9-8-13(3)4;1-12(2)7-5-6-8-14-11-17(16-15-14)10-9-13(3)4;1-12(2)7-5-6-8-14-11-15-16-17(14)10-9-13(3)4;1-12(2)8-6-5-7-9-17-11-14(15-16-17)10-13(3)4;1-11(2)7-5-6-8-13-9-14-15-16(13)10-12(3)4/h2*13-15H,5-12H2,1-4H3;4*11-13H,5-10H2,1-4H3;9,11-12H,5-8,10H2,1-4H3. The molecule has 7 aromatic rings. The number of rotatable bonds is 59. The molecule has 0 aliphatic rings. The average Bonchev–Trinajstić information content (AvgIpc) is 1.81. The van der Waals surface area contributed by atoms with E-state index in [0.717, 1.165) is 179 Å². The zero-order valence-electron chi connectivity index (χ0n) is 84.8. The van der Waals surface area contributed by atoms with Crippen molar-refractivity contribution in [2.45, 2.75) is 484 Å². The van der Waals surface area contributed by atoms with Gasteiger partial charge in [-0.05, 0) is 205 Å². The Morgan fingerprint density at radius 3 is 0.787 bits per heavy atom. The SMILES string of the molecule is CC(C)CCCCCn1cc(CC(C)C)nn1.CC(C)CCCCc1cn(CCC(C)C)nn1.CC(C)CCCCc1cnnn1CC(C)C.CC(C)CCCCc1cnnn1CCC(C)C.CC(C)CCCCc1cnnn1CCCCC(C)C.CC(C)CCCCc1cnnn1CCCCC(C)C.CC(C)CCCCn1cc(CCC(C)C)nn1. The van der Waals surface area contributed by atoms with Crippen LogP contribution in [-0.4, -0.2) is 105 Å². The topological polar surface area (TPSA) is 215 Å². The highest BCUT2D eigenvalue weighted by molar-refractivity contribution is 4.98. The minimum atomic E-state index is 0.635. The Labute approximate surface area is 750 Å². The summed E-state index contributed by atoms with van der Waals surface area (Å²) in [5, 5.41) is 58.0. The summed E-state index contributed by atoms with van der Waals surface area (Å²) < 4.78 is 14.3. The Bertz CT molecular complexity index is 3210. The predicted molar refractivity (Wildman–Crippen MR) is 517 cm³/mol. The molecular formula is C101H195N21. The fourth-order valence-corrected chi connectivity index (χ4v) is 14.0. The summed E-state index contributed by atoms with van der Waals surface area (Å²) in [6, 6.07) is 0. The van der Waals surface area contributed by atoms with Crippen LogP contribution in [0.2, 0.25) is 0 Å². The quantitative estimate of drug-likeness (QED) is 0.0324. The van der Waals surface area contributed by atoms with Crippen molar-refractivity contribution >= 4 is 0 Å². The van der Waals surface area contributed by atoms with Gasteiger partial charge in [0, 0.05) is 64.4 Å². The lowest BCUT2D eigenvalue weighted by molar-refractivity contribution is 0.452. The molecular weight excluding hydrogens is 1510 g/mol. The summed E-state index contributed by atoms with van der Waals surface area (Å²) in [6.45, 7) is 70.6. The van der Waals surface area contributed by atoms with Gasteiger partial charge in [-0.15, -0.1) is 35.7 Å². The number of unbranched alkanes of at least 4 members (excludes halogenated alkanes) is 10. The van der Waals surface area contributed by atoms with Crippen LogP contribution in [-0.2, 0) is 90.8 Å². The highest BCUT2D eigenvalue weighted by Gasteiger charge is 2.13. The van der Waals surface area contributed by atoms with Gasteiger partial charge in [0.15, 0.2) is 0 Å². The first kappa shape index (κ1) is 114. The first-order valence-corrected chi connectivity index (χ1v) is 50.3. The van der Waals surface area contributed by atoms with Gasteiger partial charge in [-0.25, -0.2) is 18.7 Å². The predicted octanol–water partition coefficient (Wildman–Crippen LogP) is 27.0. The molecule has 0 saturated carbocycles. The van der Waals surface area contributed by atoms with Gasteiger partial charge in [0.25, 0.3) is 0 Å². The highest BCUT2D eigenvalue weighted by Crippen LogP contribution is 2.20. The maximum Gasteiger partial charge on any atom is 0.0829 e. The normalized spacial score (nSPS) is 11.7. The second-order valence-electron chi connectivity index (χ2n) is 41.6. The van der Waals surface area contributed by atoms with E-state index >= 15 is 0 Å². The molecule has 0 fully saturated rings. The fourth-order valence-electron chi connectivity index (χ4n) is 14.0. The molecule has 21 heteroatoms. The third kappa shape index (κ3) is 66.4. The van der Waals surface area contributed by atoms with Gasteiger partial charge in [0.1, 0.15) is 0 Å². The first-order valence-electron chi connectivity index (χ1n) is 50.3. The number of aryl methyl sites for hydroxylation is 12. The smallest absolute Gasteiger partial charge is 0.0829 e. The molecule has 122 heavy (non-hydrogen) atoms. The van der Waals surface area contributed by atoms with Crippen LogP contribution in [0.1, 0.15) is 433 Å². The molecule has 0 atom stereocenters. The van der Waals surface area contributed by atoms with Crippen LogP contribution >= 0.6 is 0 Å². The molecule has 0 aromatic carbocycles. The number of aromatic nitrogens is 21. The van der Waals surface area contributed by atoms with Gasteiger partial charge in [0.05, 0.1) is 64.6 Å². The van der Waals surface area contributed by atoms with E-state index in [0.29, 0.717) is 11.8 Å². The molecule has 0 aliphatic heterocycles. The Kier molecular flexibility index (Phi) is 67.3. The molecule has 0 N–H and O–H groups in total. The summed E-state index contributed by atoms with van der Waals surface area (Å²) in [7, 11) is 0. The zero-order chi connectivity index (χ0) is 90.8. The van der Waals surface area contributed by atoms with E-state index in [2.05, 4.69) is 303 Å². The van der Waals surface area contributed by atoms with Crippen molar-refractivity contribution in [3.63, 3.8) is 0 Å². The number of hydrogen-bond donors (Lipinski definition) is 0. The van der Waals surface area contributed by atoms with Crippen molar-refractivity contribution in [3.05, 3.63) is 83.2 Å². The van der Waals surface area contributed by atoms with E-state index < -0.39 is 0 Å². The van der Waals surface area contributed by atoms with Gasteiger partial charge < -0.3 is 0 Å². The Morgan fingerprint density at radius 1 is 0.197 bits per heavy atom. The van der Waals surface area contributed by atoms with Crippen LogP contribution in [0.5, 0.6) is 0 Å². The van der Waals surface area contributed by atoms with E-state index in [1.54, 1.807) is 0 Å². The lowest BCUT2D eigenvalue weighted by atomic mass is 10.0. The van der Waals surface area contributed by atoms with Crippen LogP contribution < -0.4 is 0 Å². The Morgan fingerprint density at radius 2 is 0.451 bits per heavy atom. The molecule has 7 heterocycles. The van der Waals surface area contributed by atoms with Crippen molar-refractivity contribution in [2.24, 2.45) is 82.9 Å². The van der Waals surface area contributed by atoms with Gasteiger partial charge in [-0.2, -0.15) is 0 Å². The van der Waals surface area contributed by atoms with E-state index in [1.165, 1.54) is 222 Å². The van der Waals surface area contributed by atoms with Crippen molar-refractivity contribution in [3.8, 4) is 0 Å². The van der Waals surface area contributed by atoms with Crippen LogP contribution in [0.25, 0.3) is 0 Å². The molecule has 0 spiro atoms. The summed E-state index contributed by atoms with van der Waals surface area (Å²) in [4.78, 5) is 0. The molecule has 0 unspecified atom stereocenters. The van der Waals surface area contributed by atoms with E-state index in [-0.39, 0.29) is 0 Å². The molecule has 0 bridgehead atoms. The van der Waals surface area contributed by atoms with Crippen LogP contribution in [0, 0.1) is 82.9 Å². The molecule has 0 saturated heterocycles. The Hall–Kier alpha value is -6.02.